The molecule has 0 aliphatic carbocycles. The topological polar surface area (TPSA) is 52.8 Å². The highest BCUT2D eigenvalue weighted by molar-refractivity contribution is 9.10. The summed E-state index contributed by atoms with van der Waals surface area (Å²) in [6.45, 7) is 0. The number of pyridine rings is 1. The Hall–Kier alpha value is -1.43. The zero-order valence-electron chi connectivity index (χ0n) is 7.38. The van der Waals surface area contributed by atoms with Gasteiger partial charge in [-0.1, -0.05) is 6.07 Å². The van der Waals surface area contributed by atoms with Crippen LogP contribution in [0.1, 0.15) is 0 Å². The smallest absolute Gasteiger partial charge is 0.342 e. The molecule has 0 saturated carbocycles. The zero-order chi connectivity index (χ0) is 9.97. The second-order valence-corrected chi connectivity index (χ2v) is 3.41. The number of hydrogen-bond donors (Lipinski definition) is 0. The molecule has 6 heteroatoms. The van der Waals surface area contributed by atoms with Gasteiger partial charge in [0.15, 0.2) is 0 Å². The largest absolute Gasteiger partial charge is 0.404 e. The van der Waals surface area contributed by atoms with Crippen LogP contribution in [0.3, 0.4) is 0 Å². The molecule has 14 heavy (non-hydrogen) atoms. The lowest BCUT2D eigenvalue weighted by molar-refractivity contribution is 0.422. The quantitative estimate of drug-likeness (QED) is 0.767. The third kappa shape index (κ3) is 2.08. The van der Waals surface area contributed by atoms with Crippen LogP contribution < -0.4 is 4.74 Å². The van der Waals surface area contributed by atoms with E-state index in [1.807, 2.05) is 12.1 Å². The summed E-state index contributed by atoms with van der Waals surface area (Å²) in [7, 11) is 1.77. The second kappa shape index (κ2) is 3.75. The van der Waals surface area contributed by atoms with Crippen molar-refractivity contribution in [2.45, 2.75) is 0 Å². The highest BCUT2D eigenvalue weighted by Crippen LogP contribution is 2.16. The molecule has 2 aromatic heterocycles. The number of hydrogen-bond acceptors (Lipinski definition) is 4. The van der Waals surface area contributed by atoms with Gasteiger partial charge in [0, 0.05) is 13.1 Å². The normalized spacial score (nSPS) is 10.1. The SMILES string of the molecule is Cn1cnc(Oc2cccc(Br)n2)n1. The summed E-state index contributed by atoms with van der Waals surface area (Å²) >= 11 is 3.24. The van der Waals surface area contributed by atoms with Gasteiger partial charge in [0.25, 0.3) is 0 Å². The Morgan fingerprint density at radius 1 is 1.43 bits per heavy atom. The van der Waals surface area contributed by atoms with Gasteiger partial charge < -0.3 is 4.74 Å². The lowest BCUT2D eigenvalue weighted by Crippen LogP contribution is -1.91. The van der Waals surface area contributed by atoms with Crippen molar-refractivity contribution < 1.29 is 4.74 Å². The van der Waals surface area contributed by atoms with Gasteiger partial charge in [0.1, 0.15) is 10.9 Å². The average molecular weight is 255 g/mol. The van der Waals surface area contributed by atoms with Crippen molar-refractivity contribution in [1.29, 1.82) is 0 Å². The van der Waals surface area contributed by atoms with E-state index in [-0.39, 0.29) is 6.01 Å². The maximum Gasteiger partial charge on any atom is 0.342 e. The molecule has 0 bridgehead atoms. The van der Waals surface area contributed by atoms with E-state index in [2.05, 4.69) is 31.0 Å². The van der Waals surface area contributed by atoms with Crippen LogP contribution in [0, 0.1) is 0 Å². The van der Waals surface area contributed by atoms with Crippen LogP contribution >= 0.6 is 15.9 Å². The summed E-state index contributed by atoms with van der Waals surface area (Å²) in [5.74, 6) is 0.463. The van der Waals surface area contributed by atoms with Crippen molar-refractivity contribution in [2.24, 2.45) is 7.05 Å². The fourth-order valence-electron chi connectivity index (χ4n) is 0.906. The Morgan fingerprint density at radius 3 is 2.93 bits per heavy atom. The fraction of sp³-hybridized carbons (Fsp3) is 0.125. The third-order valence-electron chi connectivity index (χ3n) is 1.46. The fourth-order valence-corrected chi connectivity index (χ4v) is 1.23. The Balaban J connectivity index is 2.18. The van der Waals surface area contributed by atoms with Gasteiger partial charge in [-0.15, -0.1) is 5.10 Å². The molecule has 0 fully saturated rings. The molecular weight excluding hydrogens is 248 g/mol. The maximum absolute atomic E-state index is 5.30. The van der Waals surface area contributed by atoms with E-state index >= 15 is 0 Å². The lowest BCUT2D eigenvalue weighted by Gasteiger charge is -1.98. The Labute approximate surface area is 88.9 Å². The molecule has 0 atom stereocenters. The number of aromatic nitrogens is 4. The molecule has 2 heterocycles. The first kappa shape index (κ1) is 9.14. The minimum atomic E-state index is 0.290. The molecule has 72 valence electrons. The molecule has 0 aliphatic rings. The van der Waals surface area contributed by atoms with Gasteiger partial charge in [0.2, 0.25) is 5.88 Å². The van der Waals surface area contributed by atoms with E-state index in [1.165, 1.54) is 0 Å². The summed E-state index contributed by atoms with van der Waals surface area (Å²) < 4.78 is 7.57. The maximum atomic E-state index is 5.30. The summed E-state index contributed by atoms with van der Waals surface area (Å²) in [5.41, 5.74) is 0. The molecule has 0 amide bonds. The molecule has 0 aromatic carbocycles. The molecule has 2 aromatic rings. The van der Waals surface area contributed by atoms with Gasteiger partial charge in [-0.25, -0.2) is 4.98 Å². The van der Waals surface area contributed by atoms with Crippen LogP contribution in [0.2, 0.25) is 0 Å². The minimum absolute atomic E-state index is 0.290. The molecule has 0 saturated heterocycles. The molecule has 0 radical (unpaired) electrons. The van der Waals surface area contributed by atoms with Crippen LogP contribution in [0.5, 0.6) is 11.9 Å². The van der Waals surface area contributed by atoms with Crippen LogP contribution in [0.4, 0.5) is 0 Å². The number of ether oxygens (including phenoxy) is 1. The molecule has 0 N–H and O–H groups in total. The Bertz CT molecular complexity index is 442. The first-order valence-corrected chi connectivity index (χ1v) is 4.69. The summed E-state index contributed by atoms with van der Waals surface area (Å²) in [4.78, 5) is 8.00. The highest BCUT2D eigenvalue weighted by Gasteiger charge is 2.02. The van der Waals surface area contributed by atoms with Crippen LogP contribution in [0.25, 0.3) is 0 Å². The average Bonchev–Trinajstić information content (AvgIpc) is 2.51. The number of rotatable bonds is 2. The van der Waals surface area contributed by atoms with Crippen molar-refractivity contribution in [3.05, 3.63) is 29.1 Å². The molecule has 2 rings (SSSR count). The first-order chi connectivity index (χ1) is 6.74. The van der Waals surface area contributed by atoms with Crippen LogP contribution in [0.15, 0.2) is 29.1 Å². The number of nitrogens with zero attached hydrogens (tertiary/aromatic N) is 4. The summed E-state index contributed by atoms with van der Waals surface area (Å²) in [5, 5.41) is 3.96. The number of halogens is 1. The molecule has 5 nitrogen and oxygen atoms in total. The van der Waals surface area contributed by atoms with Crippen molar-refractivity contribution >= 4 is 15.9 Å². The van der Waals surface area contributed by atoms with Gasteiger partial charge in [-0.3, -0.25) is 4.68 Å². The Morgan fingerprint density at radius 2 is 2.29 bits per heavy atom. The van der Waals surface area contributed by atoms with Gasteiger partial charge >= 0.3 is 6.01 Å². The van der Waals surface area contributed by atoms with Gasteiger partial charge in [-0.2, -0.15) is 4.98 Å². The van der Waals surface area contributed by atoms with Crippen molar-refractivity contribution in [1.82, 2.24) is 19.7 Å². The Kier molecular flexibility index (Phi) is 2.45. The van der Waals surface area contributed by atoms with Crippen LogP contribution in [-0.4, -0.2) is 19.7 Å². The zero-order valence-corrected chi connectivity index (χ0v) is 8.97. The van der Waals surface area contributed by atoms with E-state index in [9.17, 15) is 0 Å². The predicted molar refractivity (Wildman–Crippen MR) is 53.0 cm³/mol. The highest BCUT2D eigenvalue weighted by atomic mass is 79.9. The van der Waals surface area contributed by atoms with Crippen molar-refractivity contribution in [3.8, 4) is 11.9 Å². The van der Waals surface area contributed by atoms with Crippen LogP contribution in [-0.2, 0) is 7.05 Å². The molecular formula is C8H7BrN4O. The van der Waals surface area contributed by atoms with E-state index < -0.39 is 0 Å². The standard InChI is InChI=1S/C8H7BrN4O/c1-13-5-10-8(12-13)14-7-4-2-3-6(9)11-7/h2-5H,1H3. The second-order valence-electron chi connectivity index (χ2n) is 2.60. The molecule has 0 spiro atoms. The van der Waals surface area contributed by atoms with Gasteiger partial charge in [-0.05, 0) is 22.0 Å². The van der Waals surface area contributed by atoms with Gasteiger partial charge in [0.05, 0.1) is 0 Å². The van der Waals surface area contributed by atoms with E-state index in [4.69, 9.17) is 4.74 Å². The number of aryl methyl sites for hydroxylation is 1. The van der Waals surface area contributed by atoms with E-state index in [0.29, 0.717) is 10.5 Å². The third-order valence-corrected chi connectivity index (χ3v) is 1.91. The van der Waals surface area contributed by atoms with Crippen molar-refractivity contribution in [2.75, 3.05) is 0 Å². The van der Waals surface area contributed by atoms with E-state index in [1.54, 1.807) is 24.1 Å². The van der Waals surface area contributed by atoms with Crippen molar-refractivity contribution in [3.63, 3.8) is 0 Å². The summed E-state index contributed by atoms with van der Waals surface area (Å²) in [6, 6.07) is 5.67. The molecule has 0 unspecified atom stereocenters. The molecule has 0 aliphatic heterocycles. The summed E-state index contributed by atoms with van der Waals surface area (Å²) in [6.07, 6.45) is 1.56. The predicted octanol–water partition coefficient (Wildman–Crippen LogP) is 1.76. The first-order valence-electron chi connectivity index (χ1n) is 3.90. The minimum Gasteiger partial charge on any atom is -0.404 e. The lowest BCUT2D eigenvalue weighted by atomic mass is 10.5. The monoisotopic (exact) mass is 254 g/mol. The van der Waals surface area contributed by atoms with E-state index in [0.717, 1.165) is 0 Å².